The second-order valence-electron chi connectivity index (χ2n) is 5.24. The highest BCUT2D eigenvalue weighted by atomic mass is 16.5. The van der Waals surface area contributed by atoms with Crippen molar-refractivity contribution in [2.24, 2.45) is 0 Å². The van der Waals surface area contributed by atoms with E-state index in [0.29, 0.717) is 12.7 Å². The van der Waals surface area contributed by atoms with E-state index in [-0.39, 0.29) is 0 Å². The Labute approximate surface area is 116 Å². The van der Waals surface area contributed by atoms with E-state index in [4.69, 9.17) is 4.74 Å². The maximum absolute atomic E-state index is 5.95. The Kier molecular flexibility index (Phi) is 6.08. The molecule has 1 N–H and O–H groups in total. The second kappa shape index (κ2) is 8.10. The van der Waals surface area contributed by atoms with Crippen molar-refractivity contribution in [3.63, 3.8) is 0 Å². The molecule has 1 aromatic heterocycles. The van der Waals surface area contributed by atoms with Crippen molar-refractivity contribution in [2.45, 2.75) is 64.6 Å². The van der Waals surface area contributed by atoms with Gasteiger partial charge < -0.3 is 10.1 Å². The lowest BCUT2D eigenvalue weighted by Gasteiger charge is -2.14. The third-order valence-electron chi connectivity index (χ3n) is 3.53. The molecular formula is C15H25N3O. The molecule has 0 unspecified atom stereocenters. The first-order chi connectivity index (χ1) is 9.38. The van der Waals surface area contributed by atoms with Gasteiger partial charge in [-0.3, -0.25) is 4.98 Å². The molecule has 1 aromatic rings. The molecule has 1 aliphatic carbocycles. The van der Waals surface area contributed by atoms with Crippen LogP contribution >= 0.6 is 0 Å². The molecule has 2 rings (SSSR count). The predicted molar refractivity (Wildman–Crippen MR) is 77.1 cm³/mol. The van der Waals surface area contributed by atoms with Crippen molar-refractivity contribution >= 4 is 5.82 Å². The van der Waals surface area contributed by atoms with Gasteiger partial charge in [-0.15, -0.1) is 0 Å². The molecular weight excluding hydrogens is 238 g/mol. The van der Waals surface area contributed by atoms with Gasteiger partial charge in [-0.2, -0.15) is 0 Å². The molecule has 1 fully saturated rings. The maximum atomic E-state index is 5.95. The standard InChI is InChI=1S/C15H25N3O/c1-2-9-16-15-11-17-13(10-18-15)12-19-14-7-5-3-4-6-8-14/h10-11,14H,2-9,12H2,1H3,(H,16,18). The zero-order valence-corrected chi connectivity index (χ0v) is 11.9. The Morgan fingerprint density at radius 1 is 1.16 bits per heavy atom. The van der Waals surface area contributed by atoms with Gasteiger partial charge in [0.05, 0.1) is 30.8 Å². The molecule has 1 heterocycles. The highest BCUT2D eigenvalue weighted by Gasteiger charge is 2.12. The van der Waals surface area contributed by atoms with E-state index in [2.05, 4.69) is 22.2 Å². The summed E-state index contributed by atoms with van der Waals surface area (Å²) in [6.45, 7) is 3.66. The van der Waals surface area contributed by atoms with Crippen LogP contribution in [0.3, 0.4) is 0 Å². The molecule has 0 saturated heterocycles. The predicted octanol–water partition coefficient (Wildman–Crippen LogP) is 3.54. The van der Waals surface area contributed by atoms with Gasteiger partial charge in [-0.25, -0.2) is 4.98 Å². The summed E-state index contributed by atoms with van der Waals surface area (Å²) in [6.07, 6.45) is 12.8. The van der Waals surface area contributed by atoms with E-state index in [0.717, 1.165) is 24.5 Å². The van der Waals surface area contributed by atoms with Crippen molar-refractivity contribution in [3.05, 3.63) is 18.1 Å². The molecule has 0 atom stereocenters. The van der Waals surface area contributed by atoms with Gasteiger partial charge in [0.2, 0.25) is 0 Å². The average Bonchev–Trinajstić information content (AvgIpc) is 2.72. The van der Waals surface area contributed by atoms with Crippen LogP contribution in [0.5, 0.6) is 0 Å². The van der Waals surface area contributed by atoms with E-state index >= 15 is 0 Å². The van der Waals surface area contributed by atoms with E-state index in [1.54, 1.807) is 6.20 Å². The molecule has 1 aliphatic rings. The van der Waals surface area contributed by atoms with E-state index in [1.165, 1.54) is 38.5 Å². The SMILES string of the molecule is CCCNc1cnc(COC2CCCCCC2)cn1. The first-order valence-corrected chi connectivity index (χ1v) is 7.55. The highest BCUT2D eigenvalue weighted by Crippen LogP contribution is 2.20. The van der Waals surface area contributed by atoms with Gasteiger partial charge in [0.1, 0.15) is 5.82 Å². The quantitative estimate of drug-likeness (QED) is 0.797. The molecule has 0 bridgehead atoms. The van der Waals surface area contributed by atoms with Gasteiger partial charge in [-0.1, -0.05) is 32.6 Å². The van der Waals surface area contributed by atoms with E-state index < -0.39 is 0 Å². The minimum atomic E-state index is 0.419. The van der Waals surface area contributed by atoms with Crippen LogP contribution < -0.4 is 5.32 Å². The molecule has 0 spiro atoms. The summed E-state index contributed by atoms with van der Waals surface area (Å²) in [5, 5.41) is 3.22. The van der Waals surface area contributed by atoms with Gasteiger partial charge in [0.25, 0.3) is 0 Å². The van der Waals surface area contributed by atoms with Crippen molar-refractivity contribution in [2.75, 3.05) is 11.9 Å². The largest absolute Gasteiger partial charge is 0.372 e. The number of nitrogens with zero attached hydrogens (tertiary/aromatic N) is 2. The number of hydrogen-bond donors (Lipinski definition) is 1. The number of aromatic nitrogens is 2. The Morgan fingerprint density at radius 2 is 1.95 bits per heavy atom. The Hall–Kier alpha value is -1.16. The summed E-state index contributed by atoms with van der Waals surface area (Å²) < 4.78 is 5.95. The van der Waals surface area contributed by atoms with Crippen molar-refractivity contribution in [1.82, 2.24) is 9.97 Å². The van der Waals surface area contributed by atoms with Crippen LogP contribution in [0.1, 0.15) is 57.6 Å². The lowest BCUT2D eigenvalue weighted by Crippen LogP contribution is -2.12. The van der Waals surface area contributed by atoms with Crippen LogP contribution in [-0.2, 0) is 11.3 Å². The number of nitrogens with one attached hydrogen (secondary N) is 1. The van der Waals surface area contributed by atoms with Crippen molar-refractivity contribution in [1.29, 1.82) is 0 Å². The van der Waals surface area contributed by atoms with Gasteiger partial charge in [0.15, 0.2) is 0 Å². The number of rotatable bonds is 6. The van der Waals surface area contributed by atoms with Crippen molar-refractivity contribution in [3.8, 4) is 0 Å². The van der Waals surface area contributed by atoms with Crippen LogP contribution in [0.4, 0.5) is 5.82 Å². The van der Waals surface area contributed by atoms with Crippen LogP contribution in [0.25, 0.3) is 0 Å². The zero-order valence-electron chi connectivity index (χ0n) is 11.9. The number of hydrogen-bond acceptors (Lipinski definition) is 4. The molecule has 0 aromatic carbocycles. The Morgan fingerprint density at radius 3 is 2.58 bits per heavy atom. The maximum Gasteiger partial charge on any atom is 0.144 e. The summed E-state index contributed by atoms with van der Waals surface area (Å²) in [5.74, 6) is 0.847. The van der Waals surface area contributed by atoms with Crippen LogP contribution in [0.15, 0.2) is 12.4 Å². The van der Waals surface area contributed by atoms with Crippen LogP contribution in [0, 0.1) is 0 Å². The molecule has 0 aliphatic heterocycles. The Bertz CT molecular complexity index is 345. The normalized spacial score (nSPS) is 17.1. The number of anilines is 1. The smallest absolute Gasteiger partial charge is 0.144 e. The lowest BCUT2D eigenvalue weighted by atomic mass is 10.1. The minimum Gasteiger partial charge on any atom is -0.372 e. The second-order valence-corrected chi connectivity index (χ2v) is 5.24. The highest BCUT2D eigenvalue weighted by molar-refractivity contribution is 5.30. The van der Waals surface area contributed by atoms with E-state index in [1.807, 2.05) is 6.20 Å². The fourth-order valence-electron chi connectivity index (χ4n) is 2.39. The molecule has 4 heteroatoms. The minimum absolute atomic E-state index is 0.419. The fraction of sp³-hybridized carbons (Fsp3) is 0.733. The molecule has 0 amide bonds. The van der Waals surface area contributed by atoms with E-state index in [9.17, 15) is 0 Å². The summed E-state index contributed by atoms with van der Waals surface area (Å²) in [6, 6.07) is 0. The monoisotopic (exact) mass is 263 g/mol. The molecule has 19 heavy (non-hydrogen) atoms. The van der Waals surface area contributed by atoms with Gasteiger partial charge in [-0.05, 0) is 19.3 Å². The Balaban J connectivity index is 1.75. The molecule has 4 nitrogen and oxygen atoms in total. The fourth-order valence-corrected chi connectivity index (χ4v) is 2.39. The van der Waals surface area contributed by atoms with Crippen molar-refractivity contribution < 1.29 is 4.74 Å². The summed E-state index contributed by atoms with van der Waals surface area (Å²) >= 11 is 0. The summed E-state index contributed by atoms with van der Waals surface area (Å²) in [4.78, 5) is 8.73. The molecule has 1 saturated carbocycles. The van der Waals surface area contributed by atoms with Gasteiger partial charge in [0, 0.05) is 6.54 Å². The molecule has 0 radical (unpaired) electrons. The first-order valence-electron chi connectivity index (χ1n) is 7.55. The topological polar surface area (TPSA) is 47.0 Å². The average molecular weight is 263 g/mol. The molecule has 106 valence electrons. The first kappa shape index (κ1) is 14.3. The van der Waals surface area contributed by atoms with Crippen LogP contribution in [-0.4, -0.2) is 22.6 Å². The summed E-state index contributed by atoms with van der Waals surface area (Å²) in [7, 11) is 0. The number of ether oxygens (including phenoxy) is 1. The van der Waals surface area contributed by atoms with Crippen LogP contribution in [0.2, 0.25) is 0 Å². The third kappa shape index (κ3) is 5.15. The van der Waals surface area contributed by atoms with Gasteiger partial charge >= 0.3 is 0 Å². The third-order valence-corrected chi connectivity index (χ3v) is 3.53. The zero-order chi connectivity index (χ0) is 13.3. The lowest BCUT2D eigenvalue weighted by molar-refractivity contribution is 0.0291. The summed E-state index contributed by atoms with van der Waals surface area (Å²) in [5.41, 5.74) is 0.922.